The maximum atomic E-state index is 6.14. The zero-order valence-corrected chi connectivity index (χ0v) is 12.9. The van der Waals surface area contributed by atoms with Crippen LogP contribution in [0.3, 0.4) is 0 Å². The van der Waals surface area contributed by atoms with Crippen molar-refractivity contribution in [2.24, 2.45) is 5.73 Å². The zero-order chi connectivity index (χ0) is 14.3. The van der Waals surface area contributed by atoms with E-state index in [-0.39, 0.29) is 0 Å². The van der Waals surface area contributed by atoms with Crippen molar-refractivity contribution in [1.29, 1.82) is 0 Å². The first-order valence-electron chi connectivity index (χ1n) is 5.86. The maximum Gasteiger partial charge on any atom is 0.176 e. The number of hydrogen-bond donors (Lipinski definition) is 1. The molecule has 0 amide bonds. The van der Waals surface area contributed by atoms with Gasteiger partial charge < -0.3 is 19.3 Å². The van der Waals surface area contributed by atoms with Gasteiger partial charge in [-0.25, -0.2) is 0 Å². The molecule has 0 fully saturated rings. The Morgan fingerprint density at radius 2 is 2.00 bits per heavy atom. The number of fused-ring (bicyclic) bond motifs is 1. The van der Waals surface area contributed by atoms with Gasteiger partial charge in [0, 0.05) is 16.5 Å². The van der Waals surface area contributed by atoms with Crippen LogP contribution in [0.5, 0.6) is 5.75 Å². The topological polar surface area (TPSA) is 61.5 Å². The van der Waals surface area contributed by atoms with Crippen molar-refractivity contribution in [3.8, 4) is 5.75 Å². The average Bonchev–Trinajstić information content (AvgIpc) is 3.02. The maximum absolute atomic E-state index is 6.14. The summed E-state index contributed by atoms with van der Waals surface area (Å²) in [5.74, 6) is 1.77. The summed E-state index contributed by atoms with van der Waals surface area (Å²) in [6.45, 7) is 0. The van der Waals surface area contributed by atoms with E-state index in [1.165, 1.54) is 0 Å². The Labute approximate surface area is 128 Å². The highest BCUT2D eigenvalue weighted by Gasteiger charge is 2.19. The van der Waals surface area contributed by atoms with Crippen molar-refractivity contribution in [1.82, 2.24) is 0 Å². The molecule has 4 nitrogen and oxygen atoms in total. The standard InChI is InChI=1S/C14H11BrClNO3/c1-18-11-6-8(16)4-7-5-10(20-14(7)11)13(17)9-2-3-12(15)19-9/h2-6,13H,17H2,1H3. The van der Waals surface area contributed by atoms with E-state index < -0.39 is 6.04 Å². The number of hydrogen-bond acceptors (Lipinski definition) is 4. The van der Waals surface area contributed by atoms with Crippen LogP contribution in [-0.2, 0) is 0 Å². The minimum atomic E-state index is -0.489. The van der Waals surface area contributed by atoms with Gasteiger partial charge in [-0.2, -0.15) is 0 Å². The second-order valence-electron chi connectivity index (χ2n) is 4.29. The van der Waals surface area contributed by atoms with Crippen molar-refractivity contribution in [3.05, 3.63) is 51.5 Å². The number of rotatable bonds is 3. The summed E-state index contributed by atoms with van der Waals surface area (Å²) in [4.78, 5) is 0. The molecule has 2 heterocycles. The van der Waals surface area contributed by atoms with Crippen molar-refractivity contribution in [3.63, 3.8) is 0 Å². The summed E-state index contributed by atoms with van der Waals surface area (Å²) in [6.07, 6.45) is 0. The van der Waals surface area contributed by atoms with Crippen molar-refractivity contribution in [2.45, 2.75) is 6.04 Å². The lowest BCUT2D eigenvalue weighted by atomic mass is 10.1. The highest BCUT2D eigenvalue weighted by atomic mass is 79.9. The van der Waals surface area contributed by atoms with Crippen LogP contribution in [0, 0.1) is 0 Å². The summed E-state index contributed by atoms with van der Waals surface area (Å²) >= 11 is 9.28. The van der Waals surface area contributed by atoms with E-state index in [1.807, 2.05) is 6.07 Å². The molecule has 3 rings (SSSR count). The fraction of sp³-hybridized carbons (Fsp3) is 0.143. The lowest BCUT2D eigenvalue weighted by Crippen LogP contribution is -2.09. The highest BCUT2D eigenvalue weighted by molar-refractivity contribution is 9.10. The summed E-state index contributed by atoms with van der Waals surface area (Å²) in [5.41, 5.74) is 6.76. The Morgan fingerprint density at radius 1 is 1.20 bits per heavy atom. The third kappa shape index (κ3) is 2.32. The molecule has 0 saturated heterocycles. The molecule has 0 radical (unpaired) electrons. The first-order valence-corrected chi connectivity index (χ1v) is 7.03. The average molecular weight is 357 g/mol. The van der Waals surface area contributed by atoms with E-state index in [4.69, 9.17) is 30.9 Å². The monoisotopic (exact) mass is 355 g/mol. The Morgan fingerprint density at radius 3 is 2.65 bits per heavy atom. The summed E-state index contributed by atoms with van der Waals surface area (Å²) in [6, 6.07) is 8.44. The third-order valence-corrected chi connectivity index (χ3v) is 3.64. The van der Waals surface area contributed by atoms with E-state index >= 15 is 0 Å². The number of nitrogens with two attached hydrogens (primary N) is 1. The first kappa shape index (κ1) is 13.5. The molecule has 0 saturated carbocycles. The van der Waals surface area contributed by atoms with Crippen molar-refractivity contribution < 1.29 is 13.6 Å². The van der Waals surface area contributed by atoms with Gasteiger partial charge >= 0.3 is 0 Å². The van der Waals surface area contributed by atoms with Crippen molar-refractivity contribution >= 4 is 38.5 Å². The lowest BCUT2D eigenvalue weighted by molar-refractivity contribution is 0.400. The van der Waals surface area contributed by atoms with Gasteiger partial charge in [0.25, 0.3) is 0 Å². The first-order chi connectivity index (χ1) is 9.58. The zero-order valence-electron chi connectivity index (χ0n) is 10.5. The smallest absolute Gasteiger partial charge is 0.176 e. The predicted molar refractivity (Wildman–Crippen MR) is 80.2 cm³/mol. The fourth-order valence-electron chi connectivity index (χ4n) is 2.05. The predicted octanol–water partition coefficient (Wildman–Crippen LogP) is 4.50. The molecule has 6 heteroatoms. The highest BCUT2D eigenvalue weighted by Crippen LogP contribution is 2.35. The number of benzene rings is 1. The largest absolute Gasteiger partial charge is 0.493 e. The van der Waals surface area contributed by atoms with Crippen LogP contribution in [0.25, 0.3) is 11.0 Å². The van der Waals surface area contributed by atoms with E-state index in [0.29, 0.717) is 32.5 Å². The number of ether oxygens (including phenoxy) is 1. The second-order valence-corrected chi connectivity index (χ2v) is 5.51. The van der Waals surface area contributed by atoms with Crippen LogP contribution in [0.2, 0.25) is 5.02 Å². The molecular formula is C14H11BrClNO3. The van der Waals surface area contributed by atoms with Crippen LogP contribution in [-0.4, -0.2) is 7.11 Å². The van der Waals surface area contributed by atoms with Gasteiger partial charge in [-0.15, -0.1) is 0 Å². The quantitative estimate of drug-likeness (QED) is 0.750. The molecule has 1 aromatic carbocycles. The van der Waals surface area contributed by atoms with Gasteiger partial charge in [-0.05, 0) is 40.2 Å². The molecule has 104 valence electrons. The summed E-state index contributed by atoms with van der Waals surface area (Å²) < 4.78 is 17.1. The molecular weight excluding hydrogens is 346 g/mol. The minimum absolute atomic E-state index is 0.489. The van der Waals surface area contributed by atoms with Gasteiger partial charge in [0.1, 0.15) is 17.6 Å². The van der Waals surface area contributed by atoms with Gasteiger partial charge in [-0.3, -0.25) is 0 Å². The number of halogens is 2. The number of furan rings is 2. The third-order valence-electron chi connectivity index (χ3n) is 2.99. The molecule has 20 heavy (non-hydrogen) atoms. The molecule has 2 aromatic heterocycles. The molecule has 1 unspecified atom stereocenters. The molecule has 0 aliphatic heterocycles. The summed E-state index contributed by atoms with van der Waals surface area (Å²) in [7, 11) is 1.57. The SMILES string of the molecule is COc1cc(Cl)cc2cc(C(N)c3ccc(Br)o3)oc12. The second kappa shape index (κ2) is 5.16. The molecule has 3 aromatic rings. The molecule has 0 spiro atoms. The van der Waals surface area contributed by atoms with Crippen molar-refractivity contribution in [2.75, 3.05) is 7.11 Å². The van der Waals surface area contributed by atoms with Gasteiger partial charge in [-0.1, -0.05) is 11.6 Å². The number of methoxy groups -OCH3 is 1. The van der Waals surface area contributed by atoms with Crippen LogP contribution >= 0.6 is 27.5 Å². The minimum Gasteiger partial charge on any atom is -0.493 e. The van der Waals surface area contributed by atoms with Gasteiger partial charge in [0.05, 0.1) is 7.11 Å². The van der Waals surface area contributed by atoms with Gasteiger partial charge in [0.15, 0.2) is 16.0 Å². The van der Waals surface area contributed by atoms with Crippen LogP contribution in [0.1, 0.15) is 17.6 Å². The molecule has 2 N–H and O–H groups in total. The van der Waals surface area contributed by atoms with Gasteiger partial charge in [0.2, 0.25) is 0 Å². The normalized spacial score (nSPS) is 12.8. The lowest BCUT2D eigenvalue weighted by Gasteiger charge is -2.04. The van der Waals surface area contributed by atoms with Crippen LogP contribution < -0.4 is 10.5 Å². The Balaban J connectivity index is 2.08. The van der Waals surface area contributed by atoms with Crippen LogP contribution in [0.4, 0.5) is 0 Å². The van der Waals surface area contributed by atoms with E-state index in [2.05, 4.69) is 15.9 Å². The Hall–Kier alpha value is -1.43. The Bertz CT molecular complexity index is 765. The van der Waals surface area contributed by atoms with E-state index in [0.717, 1.165) is 5.39 Å². The van der Waals surface area contributed by atoms with E-state index in [1.54, 1.807) is 31.4 Å². The molecule has 0 bridgehead atoms. The van der Waals surface area contributed by atoms with E-state index in [9.17, 15) is 0 Å². The fourth-order valence-corrected chi connectivity index (χ4v) is 2.58. The molecule has 0 aliphatic carbocycles. The molecule has 0 aliphatic rings. The van der Waals surface area contributed by atoms with Crippen LogP contribution in [0.15, 0.2) is 43.8 Å². The summed E-state index contributed by atoms with van der Waals surface area (Å²) in [5, 5.41) is 1.42. The Kier molecular flexibility index (Phi) is 3.50. The molecule has 1 atom stereocenters.